The van der Waals surface area contributed by atoms with Crippen molar-refractivity contribution in [3.8, 4) is 0 Å². The number of carbonyl (C=O) groups excluding carboxylic acids is 1. The fourth-order valence-corrected chi connectivity index (χ4v) is 1.81. The average molecular weight is 259 g/mol. The smallest absolute Gasteiger partial charge is 0.387 e. The second kappa shape index (κ2) is 5.98. The molecule has 0 aliphatic heterocycles. The van der Waals surface area contributed by atoms with Gasteiger partial charge in [-0.3, -0.25) is 4.79 Å². The normalized spacial score (nSPS) is 17.6. The van der Waals surface area contributed by atoms with E-state index < -0.39 is 6.61 Å². The van der Waals surface area contributed by atoms with Gasteiger partial charge >= 0.3 is 6.61 Å². The van der Waals surface area contributed by atoms with Crippen LogP contribution in [0.2, 0.25) is 0 Å². The minimum Gasteiger partial charge on any atom is -0.434 e. The van der Waals surface area contributed by atoms with Crippen molar-refractivity contribution in [1.82, 2.24) is 4.90 Å². The van der Waals surface area contributed by atoms with Crippen LogP contribution in [0.3, 0.4) is 0 Å². The molecule has 1 aliphatic carbocycles. The van der Waals surface area contributed by atoms with Gasteiger partial charge in [0.15, 0.2) is 0 Å². The number of amides is 1. The Hall–Kier alpha value is -1.39. The third-order valence-corrected chi connectivity index (χ3v) is 3.27. The van der Waals surface area contributed by atoms with Gasteiger partial charge in [0, 0.05) is 13.1 Å². The summed E-state index contributed by atoms with van der Waals surface area (Å²) in [7, 11) is 1.66. The number of rotatable bonds is 6. The molecule has 0 aromatic heterocycles. The van der Waals surface area contributed by atoms with Gasteiger partial charge in [-0.05, 0) is 38.7 Å². The molecule has 0 spiro atoms. The Morgan fingerprint density at radius 3 is 2.44 bits per heavy atom. The molecule has 102 valence electrons. The Balaban J connectivity index is 2.66. The van der Waals surface area contributed by atoms with Crippen molar-refractivity contribution < 1.29 is 18.3 Å². The van der Waals surface area contributed by atoms with Crippen molar-refractivity contribution >= 4 is 5.91 Å². The van der Waals surface area contributed by atoms with Gasteiger partial charge in [0.1, 0.15) is 5.76 Å². The first kappa shape index (κ1) is 14.7. The summed E-state index contributed by atoms with van der Waals surface area (Å²) in [6, 6.07) is 0.0962. The second-order valence-corrected chi connectivity index (χ2v) is 4.50. The number of hydrogen-bond donors (Lipinski definition) is 0. The zero-order chi connectivity index (χ0) is 13.9. The number of allylic oxidation sites excluding steroid dienone is 1. The molecule has 1 atom stereocenters. The van der Waals surface area contributed by atoms with E-state index in [2.05, 4.69) is 11.3 Å². The molecule has 1 amide bonds. The van der Waals surface area contributed by atoms with Gasteiger partial charge in [0.2, 0.25) is 0 Å². The fraction of sp³-hybridized carbons (Fsp3) is 0.615. The van der Waals surface area contributed by atoms with Crippen molar-refractivity contribution in [1.29, 1.82) is 0 Å². The summed E-state index contributed by atoms with van der Waals surface area (Å²) in [5.41, 5.74) is -0.0344. The van der Waals surface area contributed by atoms with Gasteiger partial charge in [-0.25, -0.2) is 0 Å². The Kier molecular flexibility index (Phi) is 4.87. The molecule has 0 N–H and O–H groups in total. The predicted octanol–water partition coefficient (Wildman–Crippen LogP) is 2.94. The Bertz CT molecular complexity index is 362. The molecule has 0 unspecified atom stereocenters. The summed E-state index contributed by atoms with van der Waals surface area (Å²) in [5.74, 6) is -0.0233. The van der Waals surface area contributed by atoms with Crippen molar-refractivity contribution in [3.63, 3.8) is 0 Å². The monoisotopic (exact) mass is 259 g/mol. The van der Waals surface area contributed by atoms with Gasteiger partial charge in [-0.15, -0.1) is 0 Å². The average Bonchev–Trinajstić information content (AvgIpc) is 3.16. The number of carbonyl (C=O) groups is 1. The van der Waals surface area contributed by atoms with E-state index >= 15 is 0 Å². The molecule has 18 heavy (non-hydrogen) atoms. The van der Waals surface area contributed by atoms with Crippen LogP contribution >= 0.6 is 0 Å². The van der Waals surface area contributed by atoms with E-state index in [-0.39, 0.29) is 23.3 Å². The lowest BCUT2D eigenvalue weighted by molar-refractivity contribution is -0.129. The molecule has 5 heteroatoms. The predicted molar refractivity (Wildman–Crippen MR) is 64.9 cm³/mol. The molecule has 1 saturated carbocycles. The number of alkyl halides is 2. The lowest BCUT2D eigenvalue weighted by Gasteiger charge is -2.26. The van der Waals surface area contributed by atoms with Crippen LogP contribution in [-0.2, 0) is 9.53 Å². The molecule has 1 rings (SSSR count). The van der Waals surface area contributed by atoms with E-state index in [0.717, 1.165) is 12.8 Å². The van der Waals surface area contributed by atoms with Gasteiger partial charge < -0.3 is 9.64 Å². The maximum absolute atomic E-state index is 12.2. The maximum atomic E-state index is 12.2. The van der Waals surface area contributed by atoms with Gasteiger partial charge in [0.05, 0.1) is 5.57 Å². The number of halogens is 2. The molecule has 0 saturated heterocycles. The van der Waals surface area contributed by atoms with E-state index in [1.807, 2.05) is 6.92 Å². The van der Waals surface area contributed by atoms with E-state index in [0.29, 0.717) is 5.92 Å². The standard InChI is InChI=1S/C13H19F2NO2/c1-5-11(18-13(14)15)8(2)12(17)16(4)9(3)10-6-7-10/h5,9-10,13H,2,6-7H2,1,3-4H3/b11-5+/t9-/m0/s1. The summed E-state index contributed by atoms with van der Waals surface area (Å²) in [6.45, 7) is 4.07. The van der Waals surface area contributed by atoms with Gasteiger partial charge in [-0.2, -0.15) is 8.78 Å². The quantitative estimate of drug-likeness (QED) is 0.417. The van der Waals surface area contributed by atoms with E-state index in [1.54, 1.807) is 11.9 Å². The van der Waals surface area contributed by atoms with Gasteiger partial charge in [-0.1, -0.05) is 6.58 Å². The van der Waals surface area contributed by atoms with Crippen LogP contribution in [0.15, 0.2) is 24.0 Å². The van der Waals surface area contributed by atoms with Crippen molar-refractivity contribution in [2.45, 2.75) is 39.3 Å². The first-order valence-electron chi connectivity index (χ1n) is 5.96. The van der Waals surface area contributed by atoms with Crippen LogP contribution in [0.5, 0.6) is 0 Å². The molecule has 0 aromatic carbocycles. The van der Waals surface area contributed by atoms with Crippen LogP contribution in [0.25, 0.3) is 0 Å². The molecule has 0 aromatic rings. The SMILES string of the molecule is C=C(C(=O)N(C)[C@@H](C)C1CC1)/C(=C\C)OC(F)F. The van der Waals surface area contributed by atoms with Crippen molar-refractivity contribution in [3.05, 3.63) is 24.0 Å². The van der Waals surface area contributed by atoms with E-state index in [1.165, 1.54) is 13.0 Å². The third kappa shape index (κ3) is 3.55. The Labute approximate surface area is 106 Å². The van der Waals surface area contributed by atoms with E-state index in [9.17, 15) is 13.6 Å². The molecule has 0 radical (unpaired) electrons. The summed E-state index contributed by atoms with van der Waals surface area (Å²) in [4.78, 5) is 13.6. The topological polar surface area (TPSA) is 29.5 Å². The lowest BCUT2D eigenvalue weighted by atomic mass is 10.1. The van der Waals surface area contributed by atoms with E-state index in [4.69, 9.17) is 0 Å². The molecule has 1 fully saturated rings. The zero-order valence-electron chi connectivity index (χ0n) is 11.0. The Morgan fingerprint density at radius 1 is 1.50 bits per heavy atom. The highest BCUT2D eigenvalue weighted by Gasteiger charge is 2.33. The zero-order valence-corrected chi connectivity index (χ0v) is 11.0. The number of nitrogens with zero attached hydrogens (tertiary/aromatic N) is 1. The molecule has 3 nitrogen and oxygen atoms in total. The van der Waals surface area contributed by atoms with Crippen LogP contribution in [0.4, 0.5) is 8.78 Å². The van der Waals surface area contributed by atoms with Crippen LogP contribution < -0.4 is 0 Å². The van der Waals surface area contributed by atoms with Gasteiger partial charge in [0.25, 0.3) is 5.91 Å². The summed E-state index contributed by atoms with van der Waals surface area (Å²) in [5, 5.41) is 0. The molecular weight excluding hydrogens is 240 g/mol. The largest absolute Gasteiger partial charge is 0.434 e. The fourth-order valence-electron chi connectivity index (χ4n) is 1.81. The van der Waals surface area contributed by atoms with Crippen LogP contribution in [0, 0.1) is 5.92 Å². The summed E-state index contributed by atoms with van der Waals surface area (Å²) >= 11 is 0. The highest BCUT2D eigenvalue weighted by Crippen LogP contribution is 2.35. The Morgan fingerprint density at radius 2 is 2.06 bits per heavy atom. The minimum absolute atomic E-state index is 0.0344. The van der Waals surface area contributed by atoms with Crippen molar-refractivity contribution in [2.24, 2.45) is 5.92 Å². The van der Waals surface area contributed by atoms with Crippen LogP contribution in [0.1, 0.15) is 26.7 Å². The van der Waals surface area contributed by atoms with Crippen LogP contribution in [-0.4, -0.2) is 30.5 Å². The maximum Gasteiger partial charge on any atom is 0.387 e. The second-order valence-electron chi connectivity index (χ2n) is 4.50. The number of likely N-dealkylation sites (N-methyl/N-ethyl adjacent to an activating group) is 1. The molecule has 1 aliphatic rings. The molecule has 0 bridgehead atoms. The summed E-state index contributed by atoms with van der Waals surface area (Å²) in [6.07, 6.45) is 3.53. The first-order chi connectivity index (χ1) is 8.38. The first-order valence-corrected chi connectivity index (χ1v) is 5.96. The number of ether oxygens (including phenoxy) is 1. The summed E-state index contributed by atoms with van der Waals surface area (Å²) < 4.78 is 28.6. The highest BCUT2D eigenvalue weighted by atomic mass is 19.3. The minimum atomic E-state index is -2.95. The van der Waals surface area contributed by atoms with Crippen molar-refractivity contribution in [2.75, 3.05) is 7.05 Å². The lowest BCUT2D eigenvalue weighted by Crippen LogP contribution is -2.37. The highest BCUT2D eigenvalue weighted by molar-refractivity contribution is 5.96. The number of hydrogen-bond acceptors (Lipinski definition) is 2. The molecular formula is C13H19F2NO2. The molecule has 0 heterocycles. The third-order valence-electron chi connectivity index (χ3n) is 3.27.